The van der Waals surface area contributed by atoms with Crippen molar-refractivity contribution in [2.45, 2.75) is 72.6 Å². The number of carboxylic acid groups (broad SMARTS) is 1. The van der Waals surface area contributed by atoms with Crippen LogP contribution >= 0.6 is 0 Å². The minimum absolute atomic E-state index is 0.524. The lowest BCUT2D eigenvalue weighted by atomic mass is 9.78. The first-order chi connectivity index (χ1) is 7.46. The van der Waals surface area contributed by atoms with Crippen LogP contribution in [0.4, 0.5) is 0 Å². The molecule has 2 heteroatoms. The summed E-state index contributed by atoms with van der Waals surface area (Å²) in [5, 5.41) is 9.19. The first kappa shape index (κ1) is 15.5. The van der Waals surface area contributed by atoms with Crippen LogP contribution in [0.1, 0.15) is 72.6 Å². The van der Waals surface area contributed by atoms with Gasteiger partial charge >= 0.3 is 5.97 Å². The number of carboxylic acids is 1. The number of hydrogen-bond acceptors (Lipinski definition) is 1. The van der Waals surface area contributed by atoms with Gasteiger partial charge in [-0.3, -0.25) is 4.79 Å². The van der Waals surface area contributed by atoms with Crippen molar-refractivity contribution >= 4 is 5.97 Å². The van der Waals surface area contributed by atoms with E-state index in [2.05, 4.69) is 13.8 Å². The molecule has 0 aromatic heterocycles. The highest BCUT2D eigenvalue weighted by Gasteiger charge is 2.32. The van der Waals surface area contributed by atoms with Gasteiger partial charge in [-0.15, -0.1) is 0 Å². The Morgan fingerprint density at radius 1 is 1.25 bits per heavy atom. The van der Waals surface area contributed by atoms with E-state index in [1.165, 1.54) is 32.1 Å². The second kappa shape index (κ2) is 7.70. The normalized spacial score (nSPS) is 16.8. The van der Waals surface area contributed by atoms with Crippen molar-refractivity contribution in [2.75, 3.05) is 0 Å². The van der Waals surface area contributed by atoms with Crippen LogP contribution in [0.3, 0.4) is 0 Å². The predicted molar refractivity (Wildman–Crippen MR) is 68.6 cm³/mol. The summed E-state index contributed by atoms with van der Waals surface area (Å²) in [5.74, 6) is -0.117. The maximum Gasteiger partial charge on any atom is 0.309 e. The van der Waals surface area contributed by atoms with Crippen LogP contribution in [-0.4, -0.2) is 11.1 Å². The van der Waals surface area contributed by atoms with Crippen molar-refractivity contribution in [1.29, 1.82) is 0 Å². The summed E-state index contributed by atoms with van der Waals surface area (Å²) in [6.07, 6.45) is 7.80. The van der Waals surface area contributed by atoms with Crippen molar-refractivity contribution in [3.63, 3.8) is 0 Å². The molecule has 0 amide bonds. The maximum absolute atomic E-state index is 11.2. The molecule has 0 aromatic rings. The topological polar surface area (TPSA) is 37.3 Å². The second-order valence-corrected chi connectivity index (χ2v) is 5.38. The van der Waals surface area contributed by atoms with Gasteiger partial charge in [-0.1, -0.05) is 52.9 Å². The smallest absolute Gasteiger partial charge is 0.309 e. The number of hydrogen-bond donors (Lipinski definition) is 1. The molecule has 0 radical (unpaired) electrons. The molecule has 0 saturated carbocycles. The zero-order valence-electron chi connectivity index (χ0n) is 11.4. The molecule has 0 rings (SSSR count). The molecule has 2 nitrogen and oxygen atoms in total. The van der Waals surface area contributed by atoms with Crippen molar-refractivity contribution in [3.05, 3.63) is 0 Å². The van der Waals surface area contributed by atoms with E-state index in [4.69, 9.17) is 0 Å². The summed E-state index contributed by atoms with van der Waals surface area (Å²) >= 11 is 0. The van der Waals surface area contributed by atoms with Crippen molar-refractivity contribution in [3.8, 4) is 0 Å². The third kappa shape index (κ3) is 5.53. The fraction of sp³-hybridized carbons (Fsp3) is 0.929. The fourth-order valence-corrected chi connectivity index (χ4v) is 2.17. The lowest BCUT2D eigenvalue weighted by Crippen LogP contribution is -2.28. The van der Waals surface area contributed by atoms with Crippen LogP contribution in [-0.2, 0) is 4.79 Å². The first-order valence-corrected chi connectivity index (χ1v) is 6.69. The molecule has 0 saturated heterocycles. The predicted octanol–water partition coefficient (Wildman–Crippen LogP) is 4.48. The average molecular weight is 228 g/mol. The lowest BCUT2D eigenvalue weighted by Gasteiger charge is -2.26. The Hall–Kier alpha value is -0.530. The monoisotopic (exact) mass is 228 g/mol. The van der Waals surface area contributed by atoms with Crippen LogP contribution in [0.5, 0.6) is 0 Å². The molecule has 0 heterocycles. The highest BCUT2D eigenvalue weighted by atomic mass is 16.4. The minimum Gasteiger partial charge on any atom is -0.481 e. The third-order valence-electron chi connectivity index (χ3n) is 3.65. The zero-order chi connectivity index (χ0) is 12.6. The van der Waals surface area contributed by atoms with Crippen LogP contribution < -0.4 is 0 Å². The van der Waals surface area contributed by atoms with Crippen molar-refractivity contribution in [2.24, 2.45) is 11.3 Å². The quantitative estimate of drug-likeness (QED) is 0.591. The van der Waals surface area contributed by atoms with Crippen LogP contribution in [0.25, 0.3) is 0 Å². The number of unbranched alkanes of at least 4 members (excludes halogenated alkanes) is 3. The molecule has 16 heavy (non-hydrogen) atoms. The summed E-state index contributed by atoms with van der Waals surface area (Å²) in [7, 11) is 0. The largest absolute Gasteiger partial charge is 0.481 e. The molecule has 2 unspecified atom stereocenters. The van der Waals surface area contributed by atoms with Crippen molar-refractivity contribution < 1.29 is 9.90 Å². The number of aliphatic carboxylic acids is 1. The van der Waals surface area contributed by atoms with Crippen LogP contribution in [0, 0.1) is 11.3 Å². The SMILES string of the molecule is CCCCCCC(C)CC(C)(CC)C(=O)O. The van der Waals surface area contributed by atoms with Gasteiger partial charge in [0.25, 0.3) is 0 Å². The highest BCUT2D eigenvalue weighted by Crippen LogP contribution is 2.32. The Morgan fingerprint density at radius 2 is 1.88 bits per heavy atom. The summed E-state index contributed by atoms with van der Waals surface area (Å²) in [4.78, 5) is 11.2. The number of carbonyl (C=O) groups is 1. The van der Waals surface area contributed by atoms with E-state index in [0.29, 0.717) is 5.92 Å². The fourth-order valence-electron chi connectivity index (χ4n) is 2.17. The maximum atomic E-state index is 11.2. The van der Waals surface area contributed by atoms with Gasteiger partial charge in [-0.2, -0.15) is 0 Å². The van der Waals surface area contributed by atoms with E-state index < -0.39 is 11.4 Å². The Kier molecular flexibility index (Phi) is 7.44. The van der Waals surface area contributed by atoms with Gasteiger partial charge in [0.05, 0.1) is 5.41 Å². The molecule has 1 N–H and O–H groups in total. The molecule has 0 aliphatic rings. The molecular formula is C14H28O2. The second-order valence-electron chi connectivity index (χ2n) is 5.38. The van der Waals surface area contributed by atoms with E-state index in [9.17, 15) is 9.90 Å². The molecule has 2 atom stereocenters. The van der Waals surface area contributed by atoms with E-state index in [1.807, 2.05) is 13.8 Å². The van der Waals surface area contributed by atoms with Gasteiger partial charge in [-0.25, -0.2) is 0 Å². The zero-order valence-corrected chi connectivity index (χ0v) is 11.4. The Balaban J connectivity index is 3.92. The van der Waals surface area contributed by atoms with E-state index >= 15 is 0 Å². The molecule has 0 aliphatic carbocycles. The van der Waals surface area contributed by atoms with Gasteiger partial charge in [0.15, 0.2) is 0 Å². The molecule has 0 fully saturated rings. The summed E-state index contributed by atoms with van der Waals surface area (Å²) in [5.41, 5.74) is -0.524. The Morgan fingerprint density at radius 3 is 2.31 bits per heavy atom. The van der Waals surface area contributed by atoms with Crippen molar-refractivity contribution in [1.82, 2.24) is 0 Å². The van der Waals surface area contributed by atoms with E-state index in [-0.39, 0.29) is 0 Å². The number of rotatable bonds is 9. The molecule has 0 aromatic carbocycles. The van der Waals surface area contributed by atoms with Gasteiger partial charge in [0.1, 0.15) is 0 Å². The highest BCUT2D eigenvalue weighted by molar-refractivity contribution is 5.73. The molecule has 0 aliphatic heterocycles. The lowest BCUT2D eigenvalue weighted by molar-refractivity contribution is -0.149. The summed E-state index contributed by atoms with van der Waals surface area (Å²) in [6, 6.07) is 0. The van der Waals surface area contributed by atoms with Crippen LogP contribution in [0.15, 0.2) is 0 Å². The van der Waals surface area contributed by atoms with Gasteiger partial charge in [-0.05, 0) is 25.7 Å². The third-order valence-corrected chi connectivity index (χ3v) is 3.65. The molecule has 96 valence electrons. The molecule has 0 bridgehead atoms. The standard InChI is InChI=1S/C14H28O2/c1-5-7-8-9-10-12(3)11-14(4,6-2)13(15)16/h12H,5-11H2,1-4H3,(H,15,16). The molecular weight excluding hydrogens is 200 g/mol. The van der Waals surface area contributed by atoms with Crippen LogP contribution in [0.2, 0.25) is 0 Å². The average Bonchev–Trinajstić information content (AvgIpc) is 2.24. The van der Waals surface area contributed by atoms with Gasteiger partial charge in [0, 0.05) is 0 Å². The van der Waals surface area contributed by atoms with E-state index in [0.717, 1.165) is 12.8 Å². The Bertz CT molecular complexity index is 201. The van der Waals surface area contributed by atoms with E-state index in [1.54, 1.807) is 0 Å². The minimum atomic E-state index is -0.643. The van der Waals surface area contributed by atoms with Gasteiger partial charge in [0.2, 0.25) is 0 Å². The Labute approximate surface area is 100 Å². The summed E-state index contributed by atoms with van der Waals surface area (Å²) in [6.45, 7) is 8.24. The summed E-state index contributed by atoms with van der Waals surface area (Å²) < 4.78 is 0. The van der Waals surface area contributed by atoms with Gasteiger partial charge < -0.3 is 5.11 Å². The molecule has 0 spiro atoms. The first-order valence-electron chi connectivity index (χ1n) is 6.69.